The Morgan fingerprint density at radius 3 is 1.60 bits per heavy atom. The van der Waals surface area contributed by atoms with Crippen LogP contribution in [0.5, 0.6) is 0 Å². The molecule has 0 radical (unpaired) electrons. The van der Waals surface area contributed by atoms with Gasteiger partial charge in [0.25, 0.3) is 0 Å². The van der Waals surface area contributed by atoms with E-state index in [4.69, 9.17) is 0 Å². The number of hydrogen-bond donors (Lipinski definition) is 0. The Bertz CT molecular complexity index is 3780. The summed E-state index contributed by atoms with van der Waals surface area (Å²) < 4.78 is 0. The van der Waals surface area contributed by atoms with Crippen molar-refractivity contribution in [2.45, 2.75) is 6.92 Å². The topological polar surface area (TPSA) is 0 Å². The molecule has 13 rings (SSSR count). The quantitative estimate of drug-likeness (QED) is 0.160. The van der Waals surface area contributed by atoms with Crippen LogP contribution in [0.15, 0.2) is 188 Å². The maximum atomic E-state index is 2.53. The van der Waals surface area contributed by atoms with E-state index in [2.05, 4.69) is 195 Å². The molecule has 13 aromatic carbocycles. The SMILES string of the molecule is Cc1ccc2cccc(-c3ccc4cc5c6c(-c7ccccc7)c7c(cc8c9ccccc9c9cccc7c98)c(-c7ccccc7)c6c6cccc(c4c3)c65)c2c1. The Balaban J connectivity index is 1.27. The molecule has 0 nitrogen and oxygen atoms in total. The zero-order chi connectivity index (χ0) is 37.4. The average molecular weight is 719 g/mol. The molecule has 0 unspecified atom stereocenters. The molecular formula is C57H34. The third kappa shape index (κ3) is 4.17. The molecule has 0 bridgehead atoms. The molecule has 13 aromatic rings. The molecule has 0 aromatic heterocycles. The van der Waals surface area contributed by atoms with E-state index in [0.717, 1.165) is 0 Å². The normalized spacial score (nSPS) is 12.3. The van der Waals surface area contributed by atoms with Crippen molar-refractivity contribution in [2.75, 3.05) is 0 Å². The van der Waals surface area contributed by atoms with Crippen LogP contribution < -0.4 is 0 Å². The van der Waals surface area contributed by atoms with Crippen LogP contribution in [0, 0.1) is 6.92 Å². The van der Waals surface area contributed by atoms with Gasteiger partial charge in [-0.15, -0.1) is 0 Å². The van der Waals surface area contributed by atoms with Gasteiger partial charge >= 0.3 is 0 Å². The minimum absolute atomic E-state index is 1.25. The number of aryl methyl sites for hydroxylation is 1. The monoisotopic (exact) mass is 718 g/mol. The van der Waals surface area contributed by atoms with Crippen LogP contribution in [-0.2, 0) is 0 Å². The van der Waals surface area contributed by atoms with Crippen molar-refractivity contribution in [2.24, 2.45) is 0 Å². The van der Waals surface area contributed by atoms with E-state index in [1.54, 1.807) is 0 Å². The molecule has 0 saturated heterocycles. The molecule has 57 heavy (non-hydrogen) atoms. The van der Waals surface area contributed by atoms with Gasteiger partial charge in [0.05, 0.1) is 0 Å². The van der Waals surface area contributed by atoms with Gasteiger partial charge < -0.3 is 0 Å². The number of fused-ring (bicyclic) bond motifs is 11. The Labute approximate surface area is 329 Å². The van der Waals surface area contributed by atoms with E-state index in [0.29, 0.717) is 0 Å². The van der Waals surface area contributed by atoms with Gasteiger partial charge in [0.15, 0.2) is 0 Å². The van der Waals surface area contributed by atoms with Crippen LogP contribution in [0.2, 0.25) is 0 Å². The average Bonchev–Trinajstić information content (AvgIpc) is 3.77. The third-order valence-electron chi connectivity index (χ3n) is 12.9. The Morgan fingerprint density at radius 1 is 0.246 bits per heavy atom. The largest absolute Gasteiger partial charge is 0.0622 e. The Morgan fingerprint density at radius 2 is 0.825 bits per heavy atom. The lowest BCUT2D eigenvalue weighted by molar-refractivity contribution is 1.50. The van der Waals surface area contributed by atoms with E-state index in [-0.39, 0.29) is 0 Å². The highest BCUT2D eigenvalue weighted by molar-refractivity contribution is 6.46. The zero-order valence-corrected chi connectivity index (χ0v) is 31.4. The van der Waals surface area contributed by atoms with Crippen LogP contribution in [0.1, 0.15) is 5.56 Å². The summed E-state index contributed by atoms with van der Waals surface area (Å²) in [5.74, 6) is 0. The van der Waals surface area contributed by atoms with Crippen molar-refractivity contribution in [1.29, 1.82) is 0 Å². The molecule has 0 N–H and O–H groups in total. The molecule has 0 aliphatic carbocycles. The predicted molar refractivity (Wildman–Crippen MR) is 247 cm³/mol. The Hall–Kier alpha value is -7.28. The number of hydrogen-bond acceptors (Lipinski definition) is 0. The molecule has 0 aliphatic heterocycles. The molecule has 0 heteroatoms. The minimum Gasteiger partial charge on any atom is -0.0622 e. The standard InChI is InChI=1S/C57H34/c1-33-25-26-34-17-10-20-39(46(34)29-33)37-27-28-38-31-49-54-43(47(38)30-37)22-12-24-45(54)56-51(35-13-4-2-5-14-35)50-32-48-41-19-9-8-18-40(41)42-21-11-23-44(53(42)48)55(50)52(57(49)56)36-15-6-3-7-16-36/h2-32H,1H3. The van der Waals surface area contributed by atoms with Crippen LogP contribution in [0.25, 0.3) is 130 Å². The number of rotatable bonds is 3. The summed E-state index contributed by atoms with van der Waals surface area (Å²) in [4.78, 5) is 0. The summed E-state index contributed by atoms with van der Waals surface area (Å²) in [6, 6.07) is 70.9. The molecule has 0 heterocycles. The molecular weight excluding hydrogens is 685 g/mol. The van der Waals surface area contributed by atoms with Crippen LogP contribution >= 0.6 is 0 Å². The lowest BCUT2D eigenvalue weighted by Crippen LogP contribution is -1.91. The maximum absolute atomic E-state index is 2.53. The van der Waals surface area contributed by atoms with Gasteiger partial charge in [0.1, 0.15) is 0 Å². The van der Waals surface area contributed by atoms with Gasteiger partial charge in [-0.2, -0.15) is 0 Å². The molecule has 262 valence electrons. The maximum Gasteiger partial charge on any atom is -0.000697 e. The molecule has 0 amide bonds. The van der Waals surface area contributed by atoms with E-state index in [1.807, 2.05) is 0 Å². The fraction of sp³-hybridized carbons (Fsp3) is 0.0175. The van der Waals surface area contributed by atoms with Crippen molar-refractivity contribution in [3.05, 3.63) is 194 Å². The van der Waals surface area contributed by atoms with Gasteiger partial charge in [-0.1, -0.05) is 175 Å². The first-order valence-corrected chi connectivity index (χ1v) is 20.0. The summed E-state index contributed by atoms with van der Waals surface area (Å²) in [7, 11) is 0. The second-order valence-corrected chi connectivity index (χ2v) is 16.0. The highest BCUT2D eigenvalue weighted by Gasteiger charge is 2.27. The van der Waals surface area contributed by atoms with Gasteiger partial charge in [0.2, 0.25) is 0 Å². The van der Waals surface area contributed by atoms with Gasteiger partial charge in [-0.25, -0.2) is 0 Å². The Kier molecular flexibility index (Phi) is 6.19. The summed E-state index contributed by atoms with van der Waals surface area (Å²) in [6.45, 7) is 2.19. The smallest absolute Gasteiger partial charge is 0.000697 e. The van der Waals surface area contributed by atoms with Gasteiger partial charge in [-0.05, 0) is 155 Å². The van der Waals surface area contributed by atoms with Crippen LogP contribution in [0.4, 0.5) is 0 Å². The van der Waals surface area contributed by atoms with Gasteiger partial charge in [0, 0.05) is 0 Å². The molecule has 0 aliphatic rings. The predicted octanol–water partition coefficient (Wildman–Crippen LogP) is 16.3. The summed E-state index contributed by atoms with van der Waals surface area (Å²) >= 11 is 0. The van der Waals surface area contributed by atoms with Crippen molar-refractivity contribution in [3.8, 4) is 33.4 Å². The van der Waals surface area contributed by atoms with E-state index in [1.165, 1.54) is 136 Å². The minimum atomic E-state index is 1.25. The fourth-order valence-corrected chi connectivity index (χ4v) is 10.6. The third-order valence-corrected chi connectivity index (χ3v) is 12.9. The molecule has 0 saturated carbocycles. The first-order valence-electron chi connectivity index (χ1n) is 20.0. The highest BCUT2D eigenvalue weighted by Crippen LogP contribution is 2.55. The molecule has 0 fully saturated rings. The molecule has 0 spiro atoms. The van der Waals surface area contributed by atoms with E-state index < -0.39 is 0 Å². The highest BCUT2D eigenvalue weighted by atomic mass is 14.3. The van der Waals surface area contributed by atoms with E-state index >= 15 is 0 Å². The zero-order valence-electron chi connectivity index (χ0n) is 31.4. The summed E-state index contributed by atoms with van der Waals surface area (Å²) in [6.07, 6.45) is 0. The second-order valence-electron chi connectivity index (χ2n) is 16.0. The van der Waals surface area contributed by atoms with Crippen molar-refractivity contribution < 1.29 is 0 Å². The first kappa shape index (κ1) is 31.0. The summed E-state index contributed by atoms with van der Waals surface area (Å²) in [5.41, 5.74) is 8.93. The second kappa shape index (κ2) is 11.4. The van der Waals surface area contributed by atoms with E-state index in [9.17, 15) is 0 Å². The van der Waals surface area contributed by atoms with Crippen molar-refractivity contribution in [3.63, 3.8) is 0 Å². The number of benzene rings is 11. The fourth-order valence-electron chi connectivity index (χ4n) is 10.6. The molecule has 0 atom stereocenters. The van der Waals surface area contributed by atoms with Crippen molar-refractivity contribution >= 4 is 97.0 Å². The van der Waals surface area contributed by atoms with Crippen LogP contribution in [0.3, 0.4) is 0 Å². The summed E-state index contributed by atoms with van der Waals surface area (Å²) in [5, 5.41) is 23.7. The van der Waals surface area contributed by atoms with Crippen LogP contribution in [-0.4, -0.2) is 0 Å². The van der Waals surface area contributed by atoms with Gasteiger partial charge in [-0.3, -0.25) is 0 Å². The van der Waals surface area contributed by atoms with Crippen molar-refractivity contribution in [1.82, 2.24) is 0 Å². The first-order chi connectivity index (χ1) is 28.2. The lowest BCUT2D eigenvalue weighted by atomic mass is 9.84. The lowest BCUT2D eigenvalue weighted by Gasteiger charge is -2.19.